The summed E-state index contributed by atoms with van der Waals surface area (Å²) in [7, 11) is 0. The molecule has 0 saturated carbocycles. The minimum Gasteiger partial charge on any atom is -0.494 e. The van der Waals surface area contributed by atoms with E-state index in [1.807, 2.05) is 59.3 Å². The summed E-state index contributed by atoms with van der Waals surface area (Å²) in [6.07, 6.45) is 9.71. The fourth-order valence-electron chi connectivity index (χ4n) is 3.43. The third kappa shape index (κ3) is 5.41. The second-order valence-corrected chi connectivity index (χ2v) is 7.27. The van der Waals surface area contributed by atoms with E-state index in [2.05, 4.69) is 16.1 Å². The van der Waals surface area contributed by atoms with Crippen LogP contribution < -0.4 is 9.47 Å². The van der Waals surface area contributed by atoms with Gasteiger partial charge in [0, 0.05) is 25.5 Å². The summed E-state index contributed by atoms with van der Waals surface area (Å²) in [5.41, 5.74) is 0.975. The summed E-state index contributed by atoms with van der Waals surface area (Å²) in [4.78, 5) is 4.20. The molecule has 1 fully saturated rings. The minimum atomic E-state index is 0.635. The fourth-order valence-corrected chi connectivity index (χ4v) is 3.43. The molecule has 2 aromatic carbocycles. The van der Waals surface area contributed by atoms with E-state index in [9.17, 15) is 0 Å². The first-order valence-corrected chi connectivity index (χ1v) is 10.6. The van der Waals surface area contributed by atoms with Crippen molar-refractivity contribution in [3.05, 3.63) is 78.9 Å². The van der Waals surface area contributed by atoms with Crippen LogP contribution in [0.3, 0.4) is 0 Å². The molecule has 0 radical (unpaired) electrons. The van der Waals surface area contributed by atoms with E-state index < -0.39 is 0 Å². The molecule has 30 heavy (non-hydrogen) atoms. The Morgan fingerprint density at radius 1 is 0.900 bits per heavy atom. The number of imidazole rings is 1. The first-order valence-electron chi connectivity index (χ1n) is 10.6. The van der Waals surface area contributed by atoms with Gasteiger partial charge in [-0.2, -0.15) is 5.10 Å². The second-order valence-electron chi connectivity index (χ2n) is 7.27. The Labute approximate surface area is 177 Å². The first kappa shape index (κ1) is 20.0. The van der Waals surface area contributed by atoms with E-state index in [0.717, 1.165) is 48.8 Å². The van der Waals surface area contributed by atoms with Crippen molar-refractivity contribution < 1.29 is 9.47 Å². The van der Waals surface area contributed by atoms with Crippen LogP contribution in [0.5, 0.6) is 11.5 Å². The Balaban J connectivity index is 1.37. The Kier molecular flexibility index (Phi) is 6.99. The topological polar surface area (TPSA) is 51.9 Å². The maximum absolute atomic E-state index is 6.14. The van der Waals surface area contributed by atoms with Gasteiger partial charge in [0.05, 0.1) is 18.8 Å². The number of para-hydroxylation sites is 2. The third-order valence-corrected chi connectivity index (χ3v) is 5.00. The summed E-state index contributed by atoms with van der Waals surface area (Å²) >= 11 is 0. The van der Waals surface area contributed by atoms with Crippen LogP contribution >= 0.6 is 0 Å². The monoisotopic (exact) mass is 404 g/mol. The van der Waals surface area contributed by atoms with Gasteiger partial charge in [0.2, 0.25) is 0 Å². The highest BCUT2D eigenvalue weighted by atomic mass is 16.5. The quantitative estimate of drug-likeness (QED) is 0.301. The van der Waals surface area contributed by atoms with Crippen LogP contribution in [0.25, 0.3) is 0 Å². The molecule has 0 amide bonds. The Hall–Kier alpha value is -3.28. The molecule has 0 atom stereocenters. The van der Waals surface area contributed by atoms with Crippen molar-refractivity contribution in [1.29, 1.82) is 0 Å². The predicted molar refractivity (Wildman–Crippen MR) is 118 cm³/mol. The molecule has 1 saturated heterocycles. The van der Waals surface area contributed by atoms with Gasteiger partial charge in [-0.25, -0.2) is 4.98 Å². The van der Waals surface area contributed by atoms with Crippen molar-refractivity contribution in [2.45, 2.75) is 25.7 Å². The van der Waals surface area contributed by atoms with Gasteiger partial charge in [-0.15, -0.1) is 0 Å². The van der Waals surface area contributed by atoms with E-state index in [0.29, 0.717) is 13.2 Å². The van der Waals surface area contributed by atoms with Gasteiger partial charge in [0.25, 0.3) is 0 Å². The Bertz CT molecular complexity index is 919. The summed E-state index contributed by atoms with van der Waals surface area (Å²) < 4.78 is 13.8. The van der Waals surface area contributed by atoms with Crippen LogP contribution in [0, 0.1) is 0 Å². The normalized spacial score (nSPS) is 14.1. The number of unbranched alkanes of at least 4 members (excludes halogenated alkanes) is 1. The van der Waals surface area contributed by atoms with Crippen LogP contribution in [0.2, 0.25) is 0 Å². The fraction of sp³-hybridized carbons (Fsp3) is 0.333. The highest BCUT2D eigenvalue weighted by Crippen LogP contribution is 2.22. The molecule has 1 aliphatic heterocycles. The van der Waals surface area contributed by atoms with Crippen LogP contribution in [0.1, 0.15) is 31.2 Å². The Morgan fingerprint density at radius 3 is 2.40 bits per heavy atom. The summed E-state index contributed by atoms with van der Waals surface area (Å²) in [5.74, 6) is 2.59. The molecule has 156 valence electrons. The van der Waals surface area contributed by atoms with Crippen molar-refractivity contribution in [2.24, 2.45) is 5.10 Å². The highest BCUT2D eigenvalue weighted by molar-refractivity contribution is 6.02. The van der Waals surface area contributed by atoms with Crippen molar-refractivity contribution in [2.75, 3.05) is 26.3 Å². The van der Waals surface area contributed by atoms with Gasteiger partial charge in [-0.1, -0.05) is 30.3 Å². The van der Waals surface area contributed by atoms with E-state index in [1.165, 1.54) is 12.8 Å². The maximum Gasteiger partial charge on any atom is 0.169 e. The molecule has 1 aromatic heterocycles. The summed E-state index contributed by atoms with van der Waals surface area (Å²) in [6.45, 7) is 3.30. The van der Waals surface area contributed by atoms with Gasteiger partial charge in [0.15, 0.2) is 5.84 Å². The highest BCUT2D eigenvalue weighted by Gasteiger charge is 2.16. The maximum atomic E-state index is 6.14. The number of hydrazone groups is 1. The molecule has 6 nitrogen and oxygen atoms in total. The summed E-state index contributed by atoms with van der Waals surface area (Å²) in [6, 6.07) is 18.0. The lowest BCUT2D eigenvalue weighted by Crippen LogP contribution is -2.21. The molecular formula is C24H28N4O2. The van der Waals surface area contributed by atoms with Crippen molar-refractivity contribution in [1.82, 2.24) is 14.6 Å². The zero-order chi connectivity index (χ0) is 20.4. The lowest BCUT2D eigenvalue weighted by molar-refractivity contribution is 0.266. The van der Waals surface area contributed by atoms with E-state index in [1.54, 1.807) is 12.5 Å². The van der Waals surface area contributed by atoms with Crippen LogP contribution in [0.4, 0.5) is 0 Å². The lowest BCUT2D eigenvalue weighted by atomic mass is 10.2. The van der Waals surface area contributed by atoms with E-state index in [-0.39, 0.29) is 0 Å². The molecule has 3 aromatic rings. The number of ether oxygens (including phenoxy) is 2. The third-order valence-electron chi connectivity index (χ3n) is 5.00. The van der Waals surface area contributed by atoms with Gasteiger partial charge in [-0.05, 0) is 49.9 Å². The number of aromatic nitrogens is 2. The molecule has 0 N–H and O–H groups in total. The molecule has 2 heterocycles. The van der Waals surface area contributed by atoms with E-state index in [4.69, 9.17) is 14.6 Å². The largest absolute Gasteiger partial charge is 0.494 e. The Morgan fingerprint density at radius 2 is 1.63 bits per heavy atom. The number of benzene rings is 2. The van der Waals surface area contributed by atoms with Gasteiger partial charge in [0.1, 0.15) is 17.8 Å². The number of hydrogen-bond acceptors (Lipinski definition) is 5. The summed E-state index contributed by atoms with van der Waals surface area (Å²) in [5, 5.41) is 7.05. The van der Waals surface area contributed by atoms with Crippen LogP contribution in [-0.2, 0) is 0 Å². The van der Waals surface area contributed by atoms with Crippen molar-refractivity contribution in [3.8, 4) is 11.5 Å². The van der Waals surface area contributed by atoms with Crippen LogP contribution in [-0.4, -0.2) is 46.7 Å². The smallest absolute Gasteiger partial charge is 0.169 e. The number of rotatable bonds is 9. The molecule has 6 heteroatoms. The second kappa shape index (κ2) is 10.5. The van der Waals surface area contributed by atoms with Gasteiger partial charge < -0.3 is 9.47 Å². The zero-order valence-corrected chi connectivity index (χ0v) is 17.2. The van der Waals surface area contributed by atoms with Gasteiger partial charge >= 0.3 is 0 Å². The van der Waals surface area contributed by atoms with Crippen LogP contribution in [0.15, 0.2) is 78.4 Å². The van der Waals surface area contributed by atoms with E-state index >= 15 is 0 Å². The molecular weight excluding hydrogens is 376 g/mol. The molecule has 0 spiro atoms. The molecule has 1 aliphatic rings. The molecule has 0 unspecified atom stereocenters. The van der Waals surface area contributed by atoms with Crippen molar-refractivity contribution in [3.63, 3.8) is 0 Å². The molecule has 0 aliphatic carbocycles. The molecule has 4 rings (SSSR count). The van der Waals surface area contributed by atoms with Gasteiger partial charge in [-0.3, -0.25) is 9.58 Å². The number of hydrogen-bond donors (Lipinski definition) is 0. The average molecular weight is 405 g/mol. The molecule has 0 bridgehead atoms. The standard InChI is InChI=1S/C24H28N4O2/c1-2-10-21(11-3-1)29-18-8-9-19-30-23-13-5-4-12-22(23)24(27-17-14-25-20-27)26-28-15-6-7-16-28/h1-5,10-14,17,20H,6-9,15-16,18-19H2. The van der Waals surface area contributed by atoms with Crippen molar-refractivity contribution >= 4 is 5.84 Å². The average Bonchev–Trinajstić information content (AvgIpc) is 3.50. The minimum absolute atomic E-state index is 0.635. The zero-order valence-electron chi connectivity index (χ0n) is 17.2. The number of nitrogens with zero attached hydrogens (tertiary/aromatic N) is 4. The SMILES string of the molecule is c1ccc(OCCCCOc2ccccc2C(=NN2CCCC2)n2ccnc2)cc1. The predicted octanol–water partition coefficient (Wildman–Crippen LogP) is 4.43. The first-order chi connectivity index (χ1) is 14.9. The lowest BCUT2D eigenvalue weighted by Gasteiger charge is -2.17.